The van der Waals surface area contributed by atoms with Crippen LogP contribution in [0.5, 0.6) is 0 Å². The van der Waals surface area contributed by atoms with Crippen LogP contribution in [0.3, 0.4) is 0 Å². The molecule has 0 radical (unpaired) electrons. The molecule has 2 aromatic rings. The fourth-order valence-corrected chi connectivity index (χ4v) is 2.98. The van der Waals surface area contributed by atoms with Gasteiger partial charge in [0.1, 0.15) is 0 Å². The van der Waals surface area contributed by atoms with Gasteiger partial charge in [-0.2, -0.15) is 0 Å². The Balaban J connectivity index is 2.14. The molecule has 0 saturated carbocycles. The van der Waals surface area contributed by atoms with E-state index in [1.54, 1.807) is 0 Å². The molecule has 0 heterocycles. The molecule has 0 aliphatic heterocycles. The van der Waals surface area contributed by atoms with Crippen molar-refractivity contribution >= 4 is 0 Å². The standard InChI is InChI=1S/C20H26O/c1-3-8-18(9-4-2)20(21)19-14-12-17(13-15-19)16-10-6-5-7-11-16/h5-7,10-15,18,20-21H,3-4,8-9H2,1-2H3. The van der Waals surface area contributed by atoms with Gasteiger partial charge in [-0.05, 0) is 35.4 Å². The van der Waals surface area contributed by atoms with Crippen molar-refractivity contribution < 1.29 is 5.11 Å². The van der Waals surface area contributed by atoms with Crippen LogP contribution in [0, 0.1) is 5.92 Å². The number of hydrogen-bond donors (Lipinski definition) is 1. The Bertz CT molecular complexity index is 509. The molecule has 1 atom stereocenters. The molecule has 0 bridgehead atoms. The summed E-state index contributed by atoms with van der Waals surface area (Å²) in [5, 5.41) is 10.6. The molecule has 0 spiro atoms. The lowest BCUT2D eigenvalue weighted by Gasteiger charge is -2.22. The van der Waals surface area contributed by atoms with E-state index in [9.17, 15) is 5.11 Å². The summed E-state index contributed by atoms with van der Waals surface area (Å²) in [6.45, 7) is 4.38. The highest BCUT2D eigenvalue weighted by molar-refractivity contribution is 5.63. The van der Waals surface area contributed by atoms with E-state index < -0.39 is 0 Å². The van der Waals surface area contributed by atoms with Crippen molar-refractivity contribution in [3.8, 4) is 11.1 Å². The van der Waals surface area contributed by atoms with Crippen LogP contribution in [0.25, 0.3) is 11.1 Å². The monoisotopic (exact) mass is 282 g/mol. The first-order valence-electron chi connectivity index (χ1n) is 8.09. The lowest BCUT2D eigenvalue weighted by Crippen LogP contribution is -2.12. The number of benzene rings is 2. The second-order valence-electron chi connectivity index (χ2n) is 5.77. The van der Waals surface area contributed by atoms with Gasteiger partial charge in [-0.15, -0.1) is 0 Å². The molecule has 21 heavy (non-hydrogen) atoms. The second kappa shape index (κ2) is 7.99. The molecule has 2 aromatic carbocycles. The highest BCUT2D eigenvalue weighted by Gasteiger charge is 2.19. The highest BCUT2D eigenvalue weighted by atomic mass is 16.3. The molecule has 0 fully saturated rings. The van der Waals surface area contributed by atoms with Gasteiger partial charge in [-0.1, -0.05) is 81.3 Å². The minimum Gasteiger partial charge on any atom is -0.388 e. The molecule has 1 N–H and O–H groups in total. The summed E-state index contributed by atoms with van der Waals surface area (Å²) in [5.74, 6) is 0.377. The molecule has 1 unspecified atom stereocenters. The van der Waals surface area contributed by atoms with Crippen LogP contribution >= 0.6 is 0 Å². The maximum atomic E-state index is 10.6. The van der Waals surface area contributed by atoms with Gasteiger partial charge >= 0.3 is 0 Å². The average Bonchev–Trinajstić information content (AvgIpc) is 2.55. The van der Waals surface area contributed by atoms with Crippen LogP contribution in [0.2, 0.25) is 0 Å². The molecule has 112 valence electrons. The van der Waals surface area contributed by atoms with Crippen LogP contribution < -0.4 is 0 Å². The fourth-order valence-electron chi connectivity index (χ4n) is 2.98. The molecule has 2 rings (SSSR count). The first-order chi connectivity index (χ1) is 10.3. The van der Waals surface area contributed by atoms with E-state index in [1.165, 1.54) is 11.1 Å². The Hall–Kier alpha value is -1.60. The first-order valence-corrected chi connectivity index (χ1v) is 8.09. The predicted molar refractivity (Wildman–Crippen MR) is 90.1 cm³/mol. The molecular formula is C20H26O. The largest absolute Gasteiger partial charge is 0.388 e. The maximum Gasteiger partial charge on any atom is 0.0818 e. The van der Waals surface area contributed by atoms with E-state index in [-0.39, 0.29) is 6.10 Å². The molecular weight excluding hydrogens is 256 g/mol. The van der Waals surface area contributed by atoms with Crippen molar-refractivity contribution in [2.24, 2.45) is 5.92 Å². The van der Waals surface area contributed by atoms with Crippen molar-refractivity contribution in [1.82, 2.24) is 0 Å². The first kappa shape index (κ1) is 15.8. The molecule has 0 aromatic heterocycles. The summed E-state index contributed by atoms with van der Waals surface area (Å²) in [7, 11) is 0. The van der Waals surface area contributed by atoms with Gasteiger partial charge in [0.05, 0.1) is 6.10 Å². The van der Waals surface area contributed by atoms with Gasteiger partial charge in [0.15, 0.2) is 0 Å². The van der Waals surface area contributed by atoms with Gasteiger partial charge in [0.2, 0.25) is 0 Å². The molecule has 1 heteroatoms. The van der Waals surface area contributed by atoms with Crippen molar-refractivity contribution in [3.63, 3.8) is 0 Å². The topological polar surface area (TPSA) is 20.2 Å². The van der Waals surface area contributed by atoms with Crippen molar-refractivity contribution in [1.29, 1.82) is 0 Å². The molecule has 0 aliphatic carbocycles. The smallest absolute Gasteiger partial charge is 0.0818 e. The highest BCUT2D eigenvalue weighted by Crippen LogP contribution is 2.30. The Morgan fingerprint density at radius 3 is 1.81 bits per heavy atom. The Morgan fingerprint density at radius 1 is 0.762 bits per heavy atom. The van der Waals surface area contributed by atoms with E-state index in [0.29, 0.717) is 5.92 Å². The average molecular weight is 282 g/mol. The number of rotatable bonds is 7. The second-order valence-corrected chi connectivity index (χ2v) is 5.77. The summed E-state index contributed by atoms with van der Waals surface area (Å²) in [6, 6.07) is 18.7. The third kappa shape index (κ3) is 4.18. The lowest BCUT2D eigenvalue weighted by atomic mass is 9.88. The summed E-state index contributed by atoms with van der Waals surface area (Å²) in [4.78, 5) is 0. The number of aliphatic hydroxyl groups excluding tert-OH is 1. The van der Waals surface area contributed by atoms with Crippen molar-refractivity contribution in [2.75, 3.05) is 0 Å². The predicted octanol–water partition coefficient (Wildman–Crippen LogP) is 5.60. The SMILES string of the molecule is CCCC(CCC)C(O)c1ccc(-c2ccccc2)cc1. The van der Waals surface area contributed by atoms with Gasteiger partial charge in [-0.25, -0.2) is 0 Å². The van der Waals surface area contributed by atoms with E-state index in [2.05, 4.69) is 62.4 Å². The van der Waals surface area contributed by atoms with Crippen LogP contribution in [-0.2, 0) is 0 Å². The van der Waals surface area contributed by atoms with Crippen LogP contribution in [0.4, 0.5) is 0 Å². The molecule has 0 amide bonds. The van der Waals surface area contributed by atoms with E-state index >= 15 is 0 Å². The zero-order chi connectivity index (χ0) is 15.1. The van der Waals surface area contributed by atoms with Crippen molar-refractivity contribution in [3.05, 3.63) is 60.2 Å². The summed E-state index contributed by atoms with van der Waals surface area (Å²) < 4.78 is 0. The molecule has 0 aliphatic rings. The summed E-state index contributed by atoms with van der Waals surface area (Å²) in [5.41, 5.74) is 3.47. The number of aliphatic hydroxyl groups is 1. The summed E-state index contributed by atoms with van der Waals surface area (Å²) in [6.07, 6.45) is 4.10. The Kier molecular flexibility index (Phi) is 6.01. The van der Waals surface area contributed by atoms with Crippen LogP contribution in [-0.4, -0.2) is 5.11 Å². The minimum atomic E-state index is -0.338. The number of hydrogen-bond acceptors (Lipinski definition) is 1. The quantitative estimate of drug-likeness (QED) is 0.700. The Labute approximate surface area is 128 Å². The lowest BCUT2D eigenvalue weighted by molar-refractivity contribution is 0.0965. The third-order valence-electron chi connectivity index (χ3n) is 4.12. The minimum absolute atomic E-state index is 0.338. The zero-order valence-corrected chi connectivity index (χ0v) is 13.1. The van der Waals surface area contributed by atoms with E-state index in [1.807, 2.05) is 6.07 Å². The van der Waals surface area contributed by atoms with Crippen molar-refractivity contribution in [2.45, 2.75) is 45.6 Å². The normalized spacial score (nSPS) is 12.6. The van der Waals surface area contributed by atoms with Gasteiger partial charge in [0.25, 0.3) is 0 Å². The summed E-state index contributed by atoms with van der Waals surface area (Å²) >= 11 is 0. The van der Waals surface area contributed by atoms with E-state index in [0.717, 1.165) is 31.2 Å². The molecule has 0 saturated heterocycles. The van der Waals surface area contributed by atoms with Crippen LogP contribution in [0.1, 0.15) is 51.2 Å². The fraction of sp³-hybridized carbons (Fsp3) is 0.400. The Morgan fingerprint density at radius 2 is 1.29 bits per heavy atom. The maximum absolute atomic E-state index is 10.6. The van der Waals surface area contributed by atoms with Crippen LogP contribution in [0.15, 0.2) is 54.6 Å². The molecule has 1 nitrogen and oxygen atoms in total. The zero-order valence-electron chi connectivity index (χ0n) is 13.1. The van der Waals surface area contributed by atoms with Gasteiger partial charge in [-0.3, -0.25) is 0 Å². The van der Waals surface area contributed by atoms with Gasteiger partial charge < -0.3 is 5.11 Å². The van der Waals surface area contributed by atoms with E-state index in [4.69, 9.17) is 0 Å². The van der Waals surface area contributed by atoms with Gasteiger partial charge in [0, 0.05) is 0 Å². The third-order valence-corrected chi connectivity index (χ3v) is 4.12.